The van der Waals surface area contributed by atoms with E-state index in [0.29, 0.717) is 6.54 Å². The SMILES string of the molecule is C=C/C=C(\C=C)CCN.c1ccc(CCc2ccc3c(c2)c2ccccc2n3-c2cccc(Cc3cccc4ccccc34)c2)cc1. The molecule has 0 fully saturated rings. The first-order chi connectivity index (χ1) is 23.2. The minimum absolute atomic E-state index is 0.672. The van der Waals surface area contributed by atoms with Gasteiger partial charge in [0.05, 0.1) is 11.0 Å². The first-order valence-corrected chi connectivity index (χ1v) is 16.4. The summed E-state index contributed by atoms with van der Waals surface area (Å²) in [6.45, 7) is 7.86. The Balaban J connectivity index is 0.000000379. The topological polar surface area (TPSA) is 30.9 Å². The van der Waals surface area contributed by atoms with Gasteiger partial charge in [0.25, 0.3) is 0 Å². The fraction of sp³-hybridized carbons (Fsp3) is 0.111. The molecular formula is C45H42N2. The van der Waals surface area contributed by atoms with E-state index in [9.17, 15) is 0 Å². The summed E-state index contributed by atoms with van der Waals surface area (Å²) >= 11 is 0. The van der Waals surface area contributed by atoms with Crippen molar-refractivity contribution in [3.63, 3.8) is 0 Å². The molecule has 0 spiro atoms. The molecule has 47 heavy (non-hydrogen) atoms. The van der Waals surface area contributed by atoms with Crippen molar-refractivity contribution in [2.24, 2.45) is 5.73 Å². The van der Waals surface area contributed by atoms with E-state index in [1.807, 2.05) is 6.08 Å². The smallest absolute Gasteiger partial charge is 0.0541 e. The van der Waals surface area contributed by atoms with Gasteiger partial charge in [0.2, 0.25) is 0 Å². The molecule has 232 valence electrons. The van der Waals surface area contributed by atoms with Gasteiger partial charge in [-0.3, -0.25) is 0 Å². The number of rotatable bonds is 10. The Hall–Kier alpha value is -5.44. The van der Waals surface area contributed by atoms with Crippen LogP contribution in [0.1, 0.15) is 28.7 Å². The van der Waals surface area contributed by atoms with Gasteiger partial charge in [-0.25, -0.2) is 0 Å². The van der Waals surface area contributed by atoms with Crippen LogP contribution in [0, 0.1) is 0 Å². The highest BCUT2D eigenvalue weighted by molar-refractivity contribution is 6.09. The zero-order chi connectivity index (χ0) is 32.4. The number of benzene rings is 6. The van der Waals surface area contributed by atoms with Gasteiger partial charge in [-0.1, -0.05) is 141 Å². The summed E-state index contributed by atoms with van der Waals surface area (Å²) in [6.07, 6.45) is 9.35. The molecular weight excluding hydrogens is 569 g/mol. The summed E-state index contributed by atoms with van der Waals surface area (Å²) in [5.74, 6) is 0. The van der Waals surface area contributed by atoms with E-state index in [0.717, 1.165) is 31.3 Å². The third-order valence-corrected chi connectivity index (χ3v) is 8.75. The fourth-order valence-electron chi connectivity index (χ4n) is 6.43. The predicted molar refractivity (Wildman–Crippen MR) is 204 cm³/mol. The van der Waals surface area contributed by atoms with Crippen molar-refractivity contribution in [3.8, 4) is 5.69 Å². The molecule has 0 atom stereocenters. The fourth-order valence-corrected chi connectivity index (χ4v) is 6.43. The second-order valence-corrected chi connectivity index (χ2v) is 11.9. The van der Waals surface area contributed by atoms with Crippen LogP contribution in [0.25, 0.3) is 38.3 Å². The number of nitrogens with two attached hydrogens (primary N) is 1. The average Bonchev–Trinajstić information content (AvgIpc) is 3.45. The molecule has 0 saturated heterocycles. The van der Waals surface area contributed by atoms with Crippen molar-refractivity contribution in [1.29, 1.82) is 0 Å². The molecule has 0 unspecified atom stereocenters. The molecule has 1 heterocycles. The van der Waals surface area contributed by atoms with Crippen molar-refractivity contribution in [2.75, 3.05) is 6.54 Å². The molecule has 0 aliphatic heterocycles. The molecule has 6 aromatic carbocycles. The third kappa shape index (κ3) is 7.35. The zero-order valence-corrected chi connectivity index (χ0v) is 27.0. The van der Waals surface area contributed by atoms with Crippen LogP contribution in [-0.4, -0.2) is 11.1 Å². The van der Waals surface area contributed by atoms with Crippen LogP contribution in [0.2, 0.25) is 0 Å². The predicted octanol–water partition coefficient (Wildman–Crippen LogP) is 10.9. The second kappa shape index (κ2) is 15.2. The lowest BCUT2D eigenvalue weighted by Crippen LogP contribution is -1.98. The number of fused-ring (bicyclic) bond motifs is 4. The number of hydrogen-bond acceptors (Lipinski definition) is 1. The Morgan fingerprint density at radius 1 is 0.596 bits per heavy atom. The Kier molecular flexibility index (Phi) is 10.2. The van der Waals surface area contributed by atoms with Gasteiger partial charge in [-0.15, -0.1) is 0 Å². The zero-order valence-electron chi connectivity index (χ0n) is 27.0. The molecule has 0 saturated carbocycles. The molecule has 0 aliphatic carbocycles. The molecule has 2 heteroatoms. The Morgan fingerprint density at radius 3 is 2.09 bits per heavy atom. The van der Waals surface area contributed by atoms with Gasteiger partial charge in [-0.05, 0) is 101 Å². The lowest BCUT2D eigenvalue weighted by Gasteiger charge is -2.12. The van der Waals surface area contributed by atoms with Crippen LogP contribution in [0.4, 0.5) is 0 Å². The Morgan fingerprint density at radius 2 is 1.28 bits per heavy atom. The van der Waals surface area contributed by atoms with E-state index in [1.54, 1.807) is 12.2 Å². The molecule has 0 amide bonds. The number of para-hydroxylation sites is 1. The van der Waals surface area contributed by atoms with E-state index < -0.39 is 0 Å². The largest absolute Gasteiger partial charge is 0.330 e. The highest BCUT2D eigenvalue weighted by Crippen LogP contribution is 2.33. The van der Waals surface area contributed by atoms with Crippen molar-refractivity contribution in [2.45, 2.75) is 25.7 Å². The quantitative estimate of drug-likeness (QED) is 0.153. The summed E-state index contributed by atoms with van der Waals surface area (Å²) in [5, 5.41) is 5.26. The third-order valence-electron chi connectivity index (χ3n) is 8.75. The minimum Gasteiger partial charge on any atom is -0.330 e. The van der Waals surface area contributed by atoms with E-state index >= 15 is 0 Å². The van der Waals surface area contributed by atoms with Crippen molar-refractivity contribution in [1.82, 2.24) is 4.57 Å². The second-order valence-electron chi connectivity index (χ2n) is 11.9. The summed E-state index contributed by atoms with van der Waals surface area (Å²) in [7, 11) is 0. The average molecular weight is 611 g/mol. The van der Waals surface area contributed by atoms with Gasteiger partial charge in [0.15, 0.2) is 0 Å². The lowest BCUT2D eigenvalue weighted by molar-refractivity contribution is 0.962. The van der Waals surface area contributed by atoms with Crippen molar-refractivity contribution < 1.29 is 0 Å². The lowest BCUT2D eigenvalue weighted by atomic mass is 9.98. The normalized spacial score (nSPS) is 11.4. The van der Waals surface area contributed by atoms with Crippen LogP contribution in [0.5, 0.6) is 0 Å². The number of nitrogens with zero attached hydrogens (tertiary/aromatic N) is 1. The first kappa shape index (κ1) is 31.5. The van der Waals surface area contributed by atoms with Crippen LogP contribution in [-0.2, 0) is 19.3 Å². The van der Waals surface area contributed by atoms with E-state index in [2.05, 4.69) is 157 Å². The molecule has 7 rings (SSSR count). The molecule has 0 radical (unpaired) electrons. The molecule has 1 aromatic heterocycles. The van der Waals surface area contributed by atoms with E-state index in [1.165, 1.54) is 60.5 Å². The van der Waals surface area contributed by atoms with Gasteiger partial charge >= 0.3 is 0 Å². The van der Waals surface area contributed by atoms with Crippen LogP contribution < -0.4 is 5.73 Å². The van der Waals surface area contributed by atoms with Gasteiger partial charge in [0, 0.05) is 16.5 Å². The molecule has 2 nitrogen and oxygen atoms in total. The van der Waals surface area contributed by atoms with Gasteiger partial charge in [-0.2, -0.15) is 0 Å². The Bertz CT molecular complexity index is 2160. The molecule has 0 bridgehead atoms. The maximum absolute atomic E-state index is 5.31. The van der Waals surface area contributed by atoms with E-state index in [-0.39, 0.29) is 0 Å². The molecule has 0 aliphatic rings. The maximum Gasteiger partial charge on any atom is 0.0541 e. The van der Waals surface area contributed by atoms with Gasteiger partial charge < -0.3 is 10.3 Å². The highest BCUT2D eigenvalue weighted by atomic mass is 15.0. The van der Waals surface area contributed by atoms with E-state index in [4.69, 9.17) is 5.73 Å². The van der Waals surface area contributed by atoms with Crippen LogP contribution in [0.3, 0.4) is 0 Å². The monoisotopic (exact) mass is 610 g/mol. The van der Waals surface area contributed by atoms with Crippen molar-refractivity contribution >= 4 is 32.6 Å². The Labute approximate surface area is 278 Å². The van der Waals surface area contributed by atoms with Gasteiger partial charge in [0.1, 0.15) is 0 Å². The van der Waals surface area contributed by atoms with Crippen molar-refractivity contribution in [3.05, 3.63) is 199 Å². The number of aryl methyl sites for hydroxylation is 2. The summed E-state index contributed by atoms with van der Waals surface area (Å²) < 4.78 is 2.43. The van der Waals surface area contributed by atoms with Crippen LogP contribution in [0.15, 0.2) is 176 Å². The number of aromatic nitrogens is 1. The number of allylic oxidation sites excluding steroid dienone is 3. The minimum atomic E-state index is 0.672. The molecule has 2 N–H and O–H groups in total. The summed E-state index contributed by atoms with van der Waals surface area (Å²) in [4.78, 5) is 0. The highest BCUT2D eigenvalue weighted by Gasteiger charge is 2.13. The first-order valence-electron chi connectivity index (χ1n) is 16.4. The standard InChI is InChI=1S/C37H29N.C8H13N/c1-2-10-27(11-3-1)20-21-28-22-23-37-35(26-28)34-18-6-7-19-36(34)38(37)32-16-8-12-29(25-32)24-31-15-9-14-30-13-4-5-17-33(30)31;1-3-5-8(4-2)6-7-9/h1-19,22-23,25-26H,20-21,24H2;3-5H,1-2,6-7,9H2/b;8-5+. The summed E-state index contributed by atoms with van der Waals surface area (Å²) in [6, 6.07) is 50.9. The molecule has 7 aromatic rings. The number of hydrogen-bond donors (Lipinski definition) is 1. The summed E-state index contributed by atoms with van der Waals surface area (Å²) in [5.41, 5.74) is 15.6. The van der Waals surface area contributed by atoms with Crippen LogP contribution >= 0.6 is 0 Å². The maximum atomic E-state index is 5.31.